The second kappa shape index (κ2) is 4.42. The van der Waals surface area contributed by atoms with E-state index in [4.69, 9.17) is 16.9 Å². The van der Waals surface area contributed by atoms with Crippen LogP contribution in [0.15, 0.2) is 0 Å². The first kappa shape index (κ1) is 11.8. The highest BCUT2D eigenvalue weighted by Crippen LogP contribution is 2.55. The van der Waals surface area contributed by atoms with Crippen molar-refractivity contribution in [2.24, 2.45) is 17.8 Å². The molecular formula is C13H20ClN3. The summed E-state index contributed by atoms with van der Waals surface area (Å²) in [4.78, 5) is 0. The van der Waals surface area contributed by atoms with Gasteiger partial charge in [0, 0.05) is 12.1 Å². The van der Waals surface area contributed by atoms with Gasteiger partial charge in [-0.05, 0) is 56.3 Å². The second-order valence-electron chi connectivity index (χ2n) is 6.30. The molecule has 4 saturated carbocycles. The van der Waals surface area contributed by atoms with E-state index in [1.54, 1.807) is 0 Å². The Kier molecular flexibility index (Phi) is 3.06. The number of hydrogen-bond acceptors (Lipinski definition) is 3. The van der Waals surface area contributed by atoms with Crippen molar-refractivity contribution in [3.05, 3.63) is 0 Å². The van der Waals surface area contributed by atoms with E-state index in [0.717, 1.165) is 17.8 Å². The van der Waals surface area contributed by atoms with E-state index in [9.17, 15) is 0 Å². The number of rotatable bonds is 4. The van der Waals surface area contributed by atoms with Gasteiger partial charge in [-0.2, -0.15) is 5.26 Å². The lowest BCUT2D eigenvalue weighted by molar-refractivity contribution is -0.0266. The first-order valence-electron chi connectivity index (χ1n) is 6.73. The number of hydrazine groups is 1. The molecule has 3 nitrogen and oxygen atoms in total. The summed E-state index contributed by atoms with van der Waals surface area (Å²) in [5.41, 5.74) is 7.00. The van der Waals surface area contributed by atoms with Gasteiger partial charge in [0.05, 0.1) is 6.07 Å². The fraction of sp³-hybridized carbons (Fsp3) is 0.923. The summed E-state index contributed by atoms with van der Waals surface area (Å²) >= 11 is 5.79. The molecule has 4 fully saturated rings. The third kappa shape index (κ3) is 2.31. The quantitative estimate of drug-likeness (QED) is 0.596. The first-order valence-corrected chi connectivity index (χ1v) is 7.16. The average Bonchev–Trinajstić information content (AvgIpc) is 2.26. The number of nitriles is 1. The van der Waals surface area contributed by atoms with Crippen LogP contribution in [0.4, 0.5) is 0 Å². The molecule has 4 rings (SSSR count). The number of nitrogens with zero attached hydrogens (tertiary/aromatic N) is 1. The summed E-state index contributed by atoms with van der Waals surface area (Å²) in [6, 6.07) is 2.04. The zero-order valence-corrected chi connectivity index (χ0v) is 10.8. The highest BCUT2D eigenvalue weighted by atomic mass is 35.5. The largest absolute Gasteiger partial charge is 0.255 e. The lowest BCUT2D eigenvalue weighted by atomic mass is 9.53. The van der Waals surface area contributed by atoms with Gasteiger partial charge >= 0.3 is 0 Å². The fourth-order valence-electron chi connectivity index (χ4n) is 4.64. The van der Waals surface area contributed by atoms with Crippen LogP contribution in [-0.4, -0.2) is 17.5 Å². The highest BCUT2D eigenvalue weighted by Gasteiger charge is 2.50. The third-order valence-corrected chi connectivity index (χ3v) is 5.07. The zero-order valence-electron chi connectivity index (χ0n) is 10.1. The lowest BCUT2D eigenvalue weighted by Crippen LogP contribution is -2.62. The summed E-state index contributed by atoms with van der Waals surface area (Å²) in [5.74, 6) is 2.83. The van der Waals surface area contributed by atoms with Crippen LogP contribution in [0, 0.1) is 29.1 Å². The van der Waals surface area contributed by atoms with E-state index in [1.165, 1.54) is 38.5 Å². The smallest absolute Gasteiger partial charge is 0.134 e. The summed E-state index contributed by atoms with van der Waals surface area (Å²) < 4.78 is 0. The molecule has 0 aromatic carbocycles. The van der Waals surface area contributed by atoms with Gasteiger partial charge in [0.2, 0.25) is 0 Å². The molecule has 17 heavy (non-hydrogen) atoms. The molecule has 0 aromatic heterocycles. The van der Waals surface area contributed by atoms with Crippen molar-refractivity contribution in [1.82, 2.24) is 10.9 Å². The Morgan fingerprint density at radius 3 is 2.18 bits per heavy atom. The Balaban J connectivity index is 1.57. The molecular weight excluding hydrogens is 234 g/mol. The van der Waals surface area contributed by atoms with Crippen LogP contribution in [0.5, 0.6) is 0 Å². The Morgan fingerprint density at radius 2 is 1.71 bits per heavy atom. The maximum atomic E-state index is 8.65. The first-order chi connectivity index (χ1) is 8.19. The third-order valence-electron chi connectivity index (χ3n) is 4.81. The fourth-order valence-corrected chi connectivity index (χ4v) is 4.71. The van der Waals surface area contributed by atoms with Crippen molar-refractivity contribution in [2.45, 2.75) is 49.4 Å². The maximum absolute atomic E-state index is 8.65. The van der Waals surface area contributed by atoms with Gasteiger partial charge in [-0.3, -0.25) is 10.9 Å². The topological polar surface area (TPSA) is 47.9 Å². The number of hydrogen-bond donors (Lipinski definition) is 2. The van der Waals surface area contributed by atoms with Crippen LogP contribution >= 0.6 is 11.6 Å². The van der Waals surface area contributed by atoms with Gasteiger partial charge in [-0.25, -0.2) is 0 Å². The van der Waals surface area contributed by atoms with E-state index < -0.39 is 5.38 Å². The molecule has 4 aliphatic rings. The molecule has 0 saturated heterocycles. The van der Waals surface area contributed by atoms with Crippen molar-refractivity contribution >= 4 is 11.6 Å². The molecule has 1 unspecified atom stereocenters. The van der Waals surface area contributed by atoms with Crippen LogP contribution in [0.3, 0.4) is 0 Å². The summed E-state index contributed by atoms with van der Waals surface area (Å²) in [6.07, 6.45) is 8.30. The second-order valence-corrected chi connectivity index (χ2v) is 6.83. The average molecular weight is 254 g/mol. The van der Waals surface area contributed by atoms with E-state index in [-0.39, 0.29) is 0 Å². The van der Waals surface area contributed by atoms with Gasteiger partial charge in [-0.1, -0.05) is 0 Å². The van der Waals surface area contributed by atoms with Crippen molar-refractivity contribution in [3.8, 4) is 6.07 Å². The minimum Gasteiger partial charge on any atom is -0.255 e. The molecule has 0 radical (unpaired) electrons. The normalized spacial score (nSPS) is 44.6. The molecule has 4 bridgehead atoms. The monoisotopic (exact) mass is 253 g/mol. The van der Waals surface area contributed by atoms with Gasteiger partial charge in [0.25, 0.3) is 0 Å². The lowest BCUT2D eigenvalue weighted by Gasteiger charge is -2.57. The molecule has 94 valence electrons. The van der Waals surface area contributed by atoms with Crippen molar-refractivity contribution in [1.29, 1.82) is 5.26 Å². The van der Waals surface area contributed by atoms with Crippen molar-refractivity contribution in [2.75, 3.05) is 6.54 Å². The molecule has 0 spiro atoms. The predicted molar refractivity (Wildman–Crippen MR) is 67.3 cm³/mol. The van der Waals surface area contributed by atoms with Crippen LogP contribution in [0.1, 0.15) is 38.5 Å². The Bertz CT molecular complexity index is 301. The molecule has 2 N–H and O–H groups in total. The Hall–Kier alpha value is -0.300. The Labute approximate surface area is 108 Å². The molecule has 1 atom stereocenters. The van der Waals surface area contributed by atoms with Gasteiger partial charge < -0.3 is 0 Å². The molecule has 4 aliphatic carbocycles. The number of alkyl halides is 1. The van der Waals surface area contributed by atoms with E-state index >= 15 is 0 Å². The highest BCUT2D eigenvalue weighted by molar-refractivity contribution is 6.22. The molecule has 0 amide bonds. The van der Waals surface area contributed by atoms with Crippen LogP contribution in [0.2, 0.25) is 0 Å². The molecule has 0 heterocycles. The zero-order chi connectivity index (χ0) is 11.9. The summed E-state index contributed by atoms with van der Waals surface area (Å²) in [5, 5.41) is 8.21. The standard InChI is InChI=1S/C13H20ClN3/c14-12(7-15)8-16-17-13-4-9-1-10(5-13)3-11(2-9)6-13/h9-12,16-17H,1-6,8H2. The van der Waals surface area contributed by atoms with Gasteiger partial charge in [-0.15, -0.1) is 11.6 Å². The van der Waals surface area contributed by atoms with Gasteiger partial charge in [0.15, 0.2) is 0 Å². The SMILES string of the molecule is N#CC(Cl)CNNC12CC3CC(CC(C3)C1)C2. The summed E-state index contributed by atoms with van der Waals surface area (Å²) in [6.45, 7) is 0.528. The van der Waals surface area contributed by atoms with Crippen LogP contribution in [-0.2, 0) is 0 Å². The van der Waals surface area contributed by atoms with Crippen LogP contribution < -0.4 is 10.9 Å². The molecule has 0 aromatic rings. The Morgan fingerprint density at radius 1 is 1.18 bits per heavy atom. The minimum atomic E-state index is -0.434. The van der Waals surface area contributed by atoms with E-state index in [0.29, 0.717) is 12.1 Å². The molecule has 4 heteroatoms. The molecule has 0 aliphatic heterocycles. The van der Waals surface area contributed by atoms with E-state index in [1.807, 2.05) is 6.07 Å². The minimum absolute atomic E-state index is 0.306. The predicted octanol–water partition coefficient (Wildman–Crippen LogP) is 2.18. The van der Waals surface area contributed by atoms with Crippen LogP contribution in [0.25, 0.3) is 0 Å². The maximum Gasteiger partial charge on any atom is 0.134 e. The van der Waals surface area contributed by atoms with Crippen molar-refractivity contribution < 1.29 is 0 Å². The van der Waals surface area contributed by atoms with E-state index in [2.05, 4.69) is 10.9 Å². The van der Waals surface area contributed by atoms with Gasteiger partial charge in [0.1, 0.15) is 5.38 Å². The van der Waals surface area contributed by atoms with Crippen molar-refractivity contribution in [3.63, 3.8) is 0 Å². The number of nitrogens with one attached hydrogen (secondary N) is 2. The number of halogens is 1. The summed E-state index contributed by atoms with van der Waals surface area (Å²) in [7, 11) is 0.